The van der Waals surface area contributed by atoms with Gasteiger partial charge < -0.3 is 95.0 Å². The zero-order valence-corrected chi connectivity index (χ0v) is 66.0. The Morgan fingerprint density at radius 2 is 1.14 bits per heavy atom. The topological polar surface area (TPSA) is 527 Å². The Morgan fingerprint density at radius 1 is 0.613 bits per heavy atom. The number of rotatable bonds is 50. The van der Waals surface area contributed by atoms with Crippen LogP contribution in [-0.2, 0) is 67.2 Å². The number of nitrogens with zero attached hydrogens (tertiary/aromatic N) is 6. The number of imidazole rings is 2. The summed E-state index contributed by atoms with van der Waals surface area (Å²) in [7, 11) is 0. The zero-order chi connectivity index (χ0) is 82.1. The maximum absolute atomic E-state index is 15.2. The summed E-state index contributed by atoms with van der Waals surface area (Å²) in [4.78, 5) is 186. The predicted molar refractivity (Wildman–Crippen MR) is 418 cm³/mol. The highest BCUT2D eigenvalue weighted by Crippen LogP contribution is 2.25. The van der Waals surface area contributed by atoms with Gasteiger partial charge in [0, 0.05) is 67.2 Å². The van der Waals surface area contributed by atoms with Crippen LogP contribution in [0, 0.1) is 33.5 Å². The van der Waals surface area contributed by atoms with E-state index in [1.165, 1.54) is 42.1 Å². The van der Waals surface area contributed by atoms with Crippen LogP contribution in [0.5, 0.6) is 5.75 Å². The highest BCUT2D eigenvalue weighted by molar-refractivity contribution is 5.99. The quantitative estimate of drug-likeness (QED) is 0.0131. The van der Waals surface area contributed by atoms with E-state index in [0.29, 0.717) is 74.3 Å². The zero-order valence-electron chi connectivity index (χ0n) is 66.0. The Hall–Kier alpha value is -10.3. The number of carboxylic acids is 1. The molecule has 612 valence electrons. The third-order valence-electron chi connectivity index (χ3n) is 20.4. The van der Waals surface area contributed by atoms with Gasteiger partial charge in [-0.3, -0.25) is 48.1 Å². The number of aliphatic carboxylic acids is 1. The molecule has 2 aromatic carbocycles. The van der Waals surface area contributed by atoms with Crippen LogP contribution in [0.4, 0.5) is 0 Å². The van der Waals surface area contributed by atoms with Crippen molar-refractivity contribution in [2.45, 2.75) is 238 Å². The fourth-order valence-corrected chi connectivity index (χ4v) is 12.6. The van der Waals surface area contributed by atoms with Crippen LogP contribution in [0.25, 0.3) is 0 Å². The second-order valence-electron chi connectivity index (χ2n) is 30.6. The van der Waals surface area contributed by atoms with Crippen LogP contribution in [-0.4, -0.2) is 211 Å². The molecule has 0 radical (unpaired) electrons. The fourth-order valence-electron chi connectivity index (χ4n) is 12.6. The van der Waals surface area contributed by atoms with Gasteiger partial charge in [0.05, 0.1) is 19.2 Å². The Kier molecular flexibility index (Phi) is 37.1. The van der Waals surface area contributed by atoms with Gasteiger partial charge in [-0.05, 0) is 159 Å². The number of guanidine groups is 1. The third kappa shape index (κ3) is 30.1. The molecule has 4 aromatic rings. The Bertz CT molecular complexity index is 3640. The van der Waals surface area contributed by atoms with E-state index < -0.39 is 149 Å². The second kappa shape index (κ2) is 45.1. The van der Waals surface area contributed by atoms with Crippen molar-refractivity contribution in [1.29, 1.82) is 0 Å². The first-order valence-electron chi connectivity index (χ1n) is 38.2. The molecule has 1 fully saturated rings. The van der Waals surface area contributed by atoms with Crippen LogP contribution in [0.2, 0.25) is 0 Å². The van der Waals surface area contributed by atoms with E-state index in [1.807, 2.05) is 27.7 Å². The summed E-state index contributed by atoms with van der Waals surface area (Å²) in [6.07, 6.45) is 8.36. The lowest BCUT2D eigenvalue weighted by molar-refractivity contribution is -0.143. The minimum absolute atomic E-state index is 0.0347. The molecule has 4 unspecified atom stereocenters. The lowest BCUT2D eigenvalue weighted by atomic mass is 9.92. The highest BCUT2D eigenvalue weighted by atomic mass is 16.4. The first-order valence-corrected chi connectivity index (χ1v) is 38.2. The number of aromatic hydroxyl groups is 1. The number of hydrogen-bond donors (Lipinski definition) is 17. The van der Waals surface area contributed by atoms with Gasteiger partial charge in [-0.2, -0.15) is 9.81 Å². The molecule has 1 saturated heterocycles. The minimum Gasteiger partial charge on any atom is -0.508 e. The van der Waals surface area contributed by atoms with Gasteiger partial charge in [0.15, 0.2) is 5.96 Å². The third-order valence-corrected chi connectivity index (χ3v) is 20.4. The molecule has 0 saturated carbocycles. The summed E-state index contributed by atoms with van der Waals surface area (Å²) in [5.41, 5.74) is 11.8. The average Bonchev–Trinajstić information content (AvgIpc) is 1.74. The number of carbonyl (C=O) groups excluding carboxylic acids is 9. The van der Waals surface area contributed by atoms with Crippen LogP contribution in [0.3, 0.4) is 0 Å². The van der Waals surface area contributed by atoms with E-state index in [2.05, 4.69) is 93.8 Å². The van der Waals surface area contributed by atoms with Crippen molar-refractivity contribution in [3.63, 3.8) is 0 Å². The molecule has 1 aliphatic heterocycles. The first kappa shape index (κ1) is 91.3. The Labute approximate surface area is 649 Å². The summed E-state index contributed by atoms with van der Waals surface area (Å²) < 4.78 is 0. The fraction of sp³-hybridized carbons (Fsp3) is 0.618. The Balaban J connectivity index is 1.35. The van der Waals surface area contributed by atoms with Gasteiger partial charge in [-0.25, -0.2) is 14.8 Å². The molecular formula is C76H119N21O14. The number of phenolic OH excluding ortho intramolecular Hbond substituents is 1. The van der Waals surface area contributed by atoms with Crippen LogP contribution < -0.4 is 70.0 Å². The number of aliphatic imine (C=N–C) groups is 1. The van der Waals surface area contributed by atoms with Gasteiger partial charge in [0.2, 0.25) is 53.2 Å². The van der Waals surface area contributed by atoms with E-state index in [0.717, 1.165) is 0 Å². The molecule has 2 aromatic heterocycles. The molecule has 3 heterocycles. The lowest BCUT2D eigenvalue weighted by Gasteiger charge is -2.32. The van der Waals surface area contributed by atoms with Gasteiger partial charge in [-0.15, -0.1) is 0 Å². The molecule has 111 heavy (non-hydrogen) atoms. The largest absolute Gasteiger partial charge is 0.508 e. The molecule has 0 bridgehead atoms. The molecule has 5 rings (SSSR count). The number of amides is 9. The Morgan fingerprint density at radius 3 is 1.68 bits per heavy atom. The monoisotopic (exact) mass is 1550 g/mol. The van der Waals surface area contributed by atoms with E-state index >= 15 is 14.4 Å². The summed E-state index contributed by atoms with van der Waals surface area (Å²) in [5, 5.41) is 58.9. The summed E-state index contributed by atoms with van der Waals surface area (Å²) in [6.45, 7) is 23.1. The van der Waals surface area contributed by atoms with Crippen LogP contribution >= 0.6 is 0 Å². The van der Waals surface area contributed by atoms with Crippen molar-refractivity contribution in [2.75, 3.05) is 39.3 Å². The van der Waals surface area contributed by atoms with E-state index in [4.69, 9.17) is 11.5 Å². The summed E-state index contributed by atoms with van der Waals surface area (Å²) >= 11 is 0. The molecule has 9 amide bonds. The standard InChI is InChI=1S/C76H119N21O14/c1-13-46(6)63(70(105)90-58(38-53-40-81-43-84-53)72(107)97-34-18-22-60(97)68(103)94-64(51-19-15-14-16-20-51)71(106)89-57(37-52-39-80-42-83-52)66(101)91-59(73(108)109)35-44(2)3)93-67(102)56(36-50-23-25-54(98)26-24-50)88-69(104)62(45(4)5)92-65(100)55(21-17-30-82-74(77)78)87-61(99)41-79-31-27-49(28-32-85-75(9,10)47(7)95-110)29-33-86-76(11,12)48(8)96-111/h14-16,19-20,23-26,39-40,42-49,55-60,62-64,79,85-86,98H,13,17-18,21-22,27-38,41H2,1-12H3,(H,80,83)(H,81,84)(H,87,99)(H,88,104)(H,89,106)(H,90,105)(H,91,101)(H,92,100)(H,93,102)(H,94,103)(H,108,109)(H4,77,78,82)/t46?,47?,48?,49?,55-,56-,57-,58-,59-,60-,62?,63-,64-/m0/s1. The molecule has 1 aliphatic rings. The molecule has 0 aliphatic carbocycles. The number of phenols is 1. The molecule has 0 spiro atoms. The van der Waals surface area contributed by atoms with Gasteiger partial charge in [0.1, 0.15) is 72.2 Å². The van der Waals surface area contributed by atoms with Crippen molar-refractivity contribution in [2.24, 2.45) is 50.5 Å². The maximum Gasteiger partial charge on any atom is 0.326 e. The maximum atomic E-state index is 15.2. The number of H-pyrrole nitrogens is 2. The number of likely N-dealkylation sites (tertiary alicyclic amines) is 1. The molecule has 12 atom stereocenters. The van der Waals surface area contributed by atoms with E-state index in [-0.39, 0.29) is 88.1 Å². The SMILES string of the molecule is CCC(C)[C@H](NC(=O)[C@H](Cc1ccc(O)cc1)NC(=O)C(NC(=O)[C@H](CCCN=C(N)N)NC(=O)CNCCC(CCNC(C)(C)C(C)N=O)CCNC(C)(C)C(C)N=O)C(C)C)C(=O)N[C@@H](Cc1cnc[nH]1)C(=O)N1CCC[C@H]1C(=O)N[C@H](C(=O)N[C@@H](Cc1cnc[nH]1)C(=O)N[C@@H](CC(C)C)C(=O)O)c1ccccc1. The van der Waals surface area contributed by atoms with Crippen LogP contribution in [0.1, 0.15) is 169 Å². The first-order chi connectivity index (χ1) is 52.6. The van der Waals surface area contributed by atoms with E-state index in [9.17, 15) is 53.6 Å². The summed E-state index contributed by atoms with van der Waals surface area (Å²) in [6, 6.07) is 1.01. The number of nitrogens with two attached hydrogens (primary N) is 2. The molecular weight excluding hydrogens is 1430 g/mol. The number of carboxylic acid groups (broad SMARTS) is 1. The summed E-state index contributed by atoms with van der Waals surface area (Å²) in [5.74, 6) is -9.57. The van der Waals surface area contributed by atoms with Gasteiger partial charge in [0.25, 0.3) is 0 Å². The number of hydrogen-bond acceptors (Lipinski definition) is 21. The smallest absolute Gasteiger partial charge is 0.326 e. The number of nitroso groups, excluding NO2 is 2. The molecule has 35 nitrogen and oxygen atoms in total. The lowest BCUT2D eigenvalue weighted by Crippen LogP contribution is -2.62. The van der Waals surface area contributed by atoms with Crippen molar-refractivity contribution in [3.8, 4) is 5.75 Å². The minimum atomic E-state index is -1.45. The van der Waals surface area contributed by atoms with Crippen molar-refractivity contribution in [3.05, 3.63) is 112 Å². The van der Waals surface area contributed by atoms with Gasteiger partial charge in [-0.1, -0.05) is 101 Å². The van der Waals surface area contributed by atoms with E-state index in [1.54, 1.807) is 97.9 Å². The molecule has 19 N–H and O–H groups in total. The molecule has 35 heteroatoms. The second-order valence-corrected chi connectivity index (χ2v) is 30.6. The number of nitrogens with one attached hydrogen (secondary N) is 13. The number of aromatic amines is 2. The predicted octanol–water partition coefficient (Wildman–Crippen LogP) is 2.42. The van der Waals surface area contributed by atoms with Crippen molar-refractivity contribution in [1.82, 2.24) is 83.3 Å². The van der Waals surface area contributed by atoms with Crippen molar-refractivity contribution >= 4 is 65.1 Å². The number of benzene rings is 2. The number of aromatic nitrogens is 4. The average molecular weight is 1550 g/mol. The highest BCUT2D eigenvalue weighted by Gasteiger charge is 2.42. The van der Waals surface area contributed by atoms with Crippen molar-refractivity contribution < 1.29 is 58.2 Å². The number of carbonyl (C=O) groups is 10. The normalized spacial score (nSPS) is 16.3. The van der Waals surface area contributed by atoms with Crippen LogP contribution in [0.15, 0.2) is 95.0 Å². The van der Waals surface area contributed by atoms with Gasteiger partial charge >= 0.3 is 5.97 Å².